The molecule has 2 saturated heterocycles. The quantitative estimate of drug-likeness (QED) is 0.843. The van der Waals surface area contributed by atoms with E-state index in [4.69, 9.17) is 4.98 Å². The van der Waals surface area contributed by atoms with Crippen molar-refractivity contribution in [2.45, 2.75) is 13.3 Å². The topological polar surface area (TPSA) is 19.4 Å². The number of likely N-dealkylation sites (tertiary alicyclic amines) is 1. The molecule has 110 valence electrons. The second kappa shape index (κ2) is 5.30. The molecule has 0 radical (unpaired) electrons. The summed E-state index contributed by atoms with van der Waals surface area (Å²) in [7, 11) is 0. The van der Waals surface area contributed by atoms with Crippen molar-refractivity contribution in [2.24, 2.45) is 11.8 Å². The van der Waals surface area contributed by atoms with Gasteiger partial charge in [0.15, 0.2) is 0 Å². The van der Waals surface area contributed by atoms with Gasteiger partial charge in [0.1, 0.15) is 5.82 Å². The van der Waals surface area contributed by atoms with Gasteiger partial charge in [-0.1, -0.05) is 25.1 Å². The third-order valence-corrected chi connectivity index (χ3v) is 5.01. The van der Waals surface area contributed by atoms with Crippen molar-refractivity contribution in [3.05, 3.63) is 36.4 Å². The lowest BCUT2D eigenvalue weighted by Gasteiger charge is -2.46. The average Bonchev–Trinajstić information content (AvgIpc) is 2.53. The summed E-state index contributed by atoms with van der Waals surface area (Å²) in [5.74, 6) is 2.78. The molecule has 1 aromatic carbocycles. The second-order valence-electron chi connectivity index (χ2n) is 6.59. The van der Waals surface area contributed by atoms with E-state index in [1.807, 2.05) is 0 Å². The number of piperidine rings is 2. The van der Waals surface area contributed by atoms with Crippen molar-refractivity contribution in [3.63, 3.8) is 0 Å². The van der Waals surface area contributed by atoms with Crippen LogP contribution in [0.1, 0.15) is 13.3 Å². The molecule has 2 aromatic rings. The fourth-order valence-electron chi connectivity index (χ4n) is 4.06. The molecule has 0 N–H and O–H groups in total. The first kappa shape index (κ1) is 13.1. The van der Waals surface area contributed by atoms with Crippen LogP contribution in [0.4, 0.5) is 5.82 Å². The normalized spacial score (nSPS) is 26.2. The number of hydrogen-bond acceptors (Lipinski definition) is 3. The van der Waals surface area contributed by atoms with E-state index in [2.05, 4.69) is 53.1 Å². The molecule has 2 aliphatic rings. The molecular weight excluding hydrogens is 258 g/mol. The fourth-order valence-corrected chi connectivity index (χ4v) is 4.06. The third-order valence-electron chi connectivity index (χ3n) is 5.01. The van der Waals surface area contributed by atoms with Crippen LogP contribution in [0.15, 0.2) is 36.4 Å². The molecule has 0 amide bonds. The van der Waals surface area contributed by atoms with Gasteiger partial charge in [0.2, 0.25) is 0 Å². The number of aromatic nitrogens is 1. The molecule has 2 fully saturated rings. The number of fused-ring (bicyclic) bond motifs is 3. The number of pyridine rings is 1. The summed E-state index contributed by atoms with van der Waals surface area (Å²) < 4.78 is 0. The van der Waals surface area contributed by atoms with Crippen LogP contribution in [0.3, 0.4) is 0 Å². The Morgan fingerprint density at radius 1 is 1.00 bits per heavy atom. The van der Waals surface area contributed by atoms with Crippen LogP contribution in [0.25, 0.3) is 10.9 Å². The predicted octanol–water partition coefficient (Wildman–Crippen LogP) is 3.01. The summed E-state index contributed by atoms with van der Waals surface area (Å²) in [6.07, 6.45) is 1.40. The van der Waals surface area contributed by atoms with Crippen LogP contribution in [0.5, 0.6) is 0 Å². The van der Waals surface area contributed by atoms with E-state index >= 15 is 0 Å². The van der Waals surface area contributed by atoms with Crippen LogP contribution in [0, 0.1) is 11.8 Å². The minimum absolute atomic E-state index is 0.811. The molecule has 2 unspecified atom stereocenters. The molecule has 0 aliphatic carbocycles. The molecule has 3 heteroatoms. The number of benzene rings is 1. The smallest absolute Gasteiger partial charge is 0.129 e. The molecule has 0 spiro atoms. The monoisotopic (exact) mass is 281 g/mol. The summed E-state index contributed by atoms with van der Waals surface area (Å²) in [5, 5.41) is 1.23. The Kier molecular flexibility index (Phi) is 3.30. The van der Waals surface area contributed by atoms with E-state index in [-0.39, 0.29) is 0 Å². The fraction of sp³-hybridized carbons (Fsp3) is 0.500. The van der Waals surface area contributed by atoms with Gasteiger partial charge in [0.25, 0.3) is 0 Å². The number of nitrogens with zero attached hydrogens (tertiary/aromatic N) is 3. The van der Waals surface area contributed by atoms with Crippen LogP contribution in [-0.2, 0) is 0 Å². The standard InChI is InChI=1S/C18H23N3/c1-2-20-10-14-9-15(11-20)13-21(12-14)18-8-7-16-5-3-4-6-17(16)19-18/h3-8,14-15H,2,9-13H2,1H3. The predicted molar refractivity (Wildman–Crippen MR) is 87.7 cm³/mol. The highest BCUT2D eigenvalue weighted by Crippen LogP contribution is 2.31. The van der Waals surface area contributed by atoms with Gasteiger partial charge in [0.05, 0.1) is 5.52 Å². The van der Waals surface area contributed by atoms with Gasteiger partial charge in [-0.2, -0.15) is 0 Å². The Morgan fingerprint density at radius 3 is 2.52 bits per heavy atom. The molecule has 4 rings (SSSR count). The highest BCUT2D eigenvalue weighted by atomic mass is 15.2. The van der Waals surface area contributed by atoms with E-state index in [1.165, 1.54) is 44.5 Å². The Labute approximate surface area is 126 Å². The Bertz CT molecular complexity index is 625. The maximum absolute atomic E-state index is 4.88. The highest BCUT2D eigenvalue weighted by molar-refractivity contribution is 5.80. The first-order valence-corrected chi connectivity index (χ1v) is 8.15. The zero-order valence-electron chi connectivity index (χ0n) is 12.7. The number of para-hydroxylation sites is 1. The molecule has 2 aliphatic heterocycles. The number of hydrogen-bond donors (Lipinski definition) is 0. The first-order chi connectivity index (χ1) is 10.3. The van der Waals surface area contributed by atoms with Crippen molar-refractivity contribution in [3.8, 4) is 0 Å². The second-order valence-corrected chi connectivity index (χ2v) is 6.59. The number of anilines is 1. The van der Waals surface area contributed by atoms with Crippen LogP contribution in [-0.4, -0.2) is 42.6 Å². The summed E-state index contributed by atoms with van der Waals surface area (Å²) in [6.45, 7) is 8.33. The molecule has 2 atom stereocenters. The highest BCUT2D eigenvalue weighted by Gasteiger charge is 2.33. The zero-order chi connectivity index (χ0) is 14.2. The van der Waals surface area contributed by atoms with Crippen molar-refractivity contribution < 1.29 is 0 Å². The maximum Gasteiger partial charge on any atom is 0.129 e. The summed E-state index contributed by atoms with van der Waals surface area (Å²) in [4.78, 5) is 10.0. The van der Waals surface area contributed by atoms with Crippen molar-refractivity contribution in [2.75, 3.05) is 37.6 Å². The van der Waals surface area contributed by atoms with E-state index in [0.717, 1.165) is 23.2 Å². The van der Waals surface area contributed by atoms with Gasteiger partial charge in [-0.05, 0) is 43.0 Å². The molecule has 3 heterocycles. The van der Waals surface area contributed by atoms with E-state index in [0.29, 0.717) is 0 Å². The number of rotatable bonds is 2. The van der Waals surface area contributed by atoms with E-state index in [1.54, 1.807) is 0 Å². The van der Waals surface area contributed by atoms with Gasteiger partial charge in [-0.15, -0.1) is 0 Å². The van der Waals surface area contributed by atoms with Crippen molar-refractivity contribution >= 4 is 16.7 Å². The van der Waals surface area contributed by atoms with Crippen molar-refractivity contribution in [1.29, 1.82) is 0 Å². The molecule has 21 heavy (non-hydrogen) atoms. The van der Waals surface area contributed by atoms with Gasteiger partial charge >= 0.3 is 0 Å². The minimum Gasteiger partial charge on any atom is -0.356 e. The van der Waals surface area contributed by atoms with Gasteiger partial charge in [0, 0.05) is 31.6 Å². The molecule has 3 nitrogen and oxygen atoms in total. The Balaban J connectivity index is 1.58. The SMILES string of the molecule is CCN1CC2CC(C1)CN(c1ccc3ccccc3n1)C2. The maximum atomic E-state index is 4.88. The van der Waals surface area contributed by atoms with E-state index < -0.39 is 0 Å². The molecule has 0 saturated carbocycles. The van der Waals surface area contributed by atoms with Gasteiger partial charge < -0.3 is 9.80 Å². The summed E-state index contributed by atoms with van der Waals surface area (Å²) >= 11 is 0. The summed E-state index contributed by atoms with van der Waals surface area (Å²) in [5.41, 5.74) is 1.11. The van der Waals surface area contributed by atoms with Gasteiger partial charge in [-0.25, -0.2) is 4.98 Å². The Hall–Kier alpha value is -1.61. The largest absolute Gasteiger partial charge is 0.356 e. The summed E-state index contributed by atoms with van der Waals surface area (Å²) in [6, 6.07) is 12.8. The minimum atomic E-state index is 0.811. The lowest BCUT2D eigenvalue weighted by Crippen LogP contribution is -2.52. The van der Waals surface area contributed by atoms with Gasteiger partial charge in [-0.3, -0.25) is 0 Å². The zero-order valence-corrected chi connectivity index (χ0v) is 12.7. The van der Waals surface area contributed by atoms with Crippen LogP contribution < -0.4 is 4.90 Å². The van der Waals surface area contributed by atoms with Crippen molar-refractivity contribution in [1.82, 2.24) is 9.88 Å². The molecule has 2 bridgehead atoms. The van der Waals surface area contributed by atoms with E-state index in [9.17, 15) is 0 Å². The first-order valence-electron chi connectivity index (χ1n) is 8.15. The molecule has 1 aromatic heterocycles. The third kappa shape index (κ3) is 2.51. The molecular formula is C18H23N3. The average molecular weight is 281 g/mol. The Morgan fingerprint density at radius 2 is 1.76 bits per heavy atom. The lowest BCUT2D eigenvalue weighted by molar-refractivity contribution is 0.114. The lowest BCUT2D eigenvalue weighted by atomic mass is 9.84. The van der Waals surface area contributed by atoms with Crippen LogP contribution >= 0.6 is 0 Å². The van der Waals surface area contributed by atoms with Crippen LogP contribution in [0.2, 0.25) is 0 Å².